The van der Waals surface area contributed by atoms with E-state index in [0.717, 1.165) is 4.90 Å². The number of ether oxygens (including phenoxy) is 4. The Morgan fingerprint density at radius 2 is 1.55 bits per heavy atom. The molecule has 0 aromatic heterocycles. The number of amides is 3. The van der Waals surface area contributed by atoms with E-state index in [1.165, 1.54) is 21.3 Å². The van der Waals surface area contributed by atoms with Crippen molar-refractivity contribution in [2.45, 2.75) is 32.9 Å². The number of nitrogens with zero attached hydrogens (tertiary/aromatic N) is 1. The molecular weight excluding hydrogens is 382 g/mol. The zero-order valence-electron chi connectivity index (χ0n) is 17.7. The molecule has 10 nitrogen and oxygen atoms in total. The zero-order chi connectivity index (χ0) is 22.2. The predicted octanol–water partition coefficient (Wildman–Crippen LogP) is 1.05. The molecule has 3 N–H and O–H groups in total. The van der Waals surface area contributed by atoms with Gasteiger partial charge in [-0.3, -0.25) is 14.9 Å². The highest BCUT2D eigenvalue weighted by Gasteiger charge is 2.28. The van der Waals surface area contributed by atoms with Gasteiger partial charge in [-0.2, -0.15) is 0 Å². The van der Waals surface area contributed by atoms with Gasteiger partial charge in [0.1, 0.15) is 5.60 Å². The fraction of sp³-hybridized carbons (Fsp3) is 0.526. The first-order valence-corrected chi connectivity index (χ1v) is 8.83. The molecule has 0 spiro atoms. The number of methoxy groups -OCH3 is 3. The predicted molar refractivity (Wildman–Crippen MR) is 105 cm³/mol. The number of primary amides is 1. The van der Waals surface area contributed by atoms with E-state index in [1.807, 2.05) is 0 Å². The minimum Gasteiger partial charge on any atom is -0.493 e. The molecule has 0 atom stereocenters. The molecule has 162 valence electrons. The van der Waals surface area contributed by atoms with Crippen molar-refractivity contribution in [2.24, 2.45) is 5.73 Å². The molecule has 0 unspecified atom stereocenters. The van der Waals surface area contributed by atoms with E-state index in [9.17, 15) is 14.4 Å². The van der Waals surface area contributed by atoms with Gasteiger partial charge in [0.05, 0.1) is 41.0 Å². The zero-order valence-corrected chi connectivity index (χ0v) is 17.7. The molecule has 29 heavy (non-hydrogen) atoms. The first kappa shape index (κ1) is 24.0. The van der Waals surface area contributed by atoms with Crippen LogP contribution in [-0.2, 0) is 20.9 Å². The molecule has 0 saturated heterocycles. The largest absolute Gasteiger partial charge is 0.493 e. The molecule has 10 heteroatoms. The van der Waals surface area contributed by atoms with Crippen LogP contribution in [0, 0.1) is 0 Å². The van der Waals surface area contributed by atoms with Crippen molar-refractivity contribution in [3.8, 4) is 17.2 Å². The third-order valence-corrected chi connectivity index (χ3v) is 3.56. The second kappa shape index (κ2) is 10.5. The summed E-state index contributed by atoms with van der Waals surface area (Å²) in [5.41, 5.74) is 4.80. The first-order chi connectivity index (χ1) is 13.5. The summed E-state index contributed by atoms with van der Waals surface area (Å²) in [5.74, 6) is -0.0619. The van der Waals surface area contributed by atoms with Crippen LogP contribution >= 0.6 is 0 Å². The summed E-state index contributed by atoms with van der Waals surface area (Å²) < 4.78 is 21.2. The Bertz CT molecular complexity index is 719. The van der Waals surface area contributed by atoms with Crippen LogP contribution in [0.3, 0.4) is 0 Å². The van der Waals surface area contributed by atoms with Crippen molar-refractivity contribution >= 4 is 17.9 Å². The third-order valence-electron chi connectivity index (χ3n) is 3.56. The summed E-state index contributed by atoms with van der Waals surface area (Å²) >= 11 is 0. The molecule has 1 aromatic carbocycles. The lowest BCUT2D eigenvalue weighted by molar-refractivity contribution is -0.130. The summed E-state index contributed by atoms with van der Waals surface area (Å²) in [5, 5.41) is 2.59. The van der Waals surface area contributed by atoms with Crippen LogP contribution in [0.1, 0.15) is 26.3 Å². The van der Waals surface area contributed by atoms with Crippen molar-refractivity contribution in [3.63, 3.8) is 0 Å². The molecule has 0 fully saturated rings. The summed E-state index contributed by atoms with van der Waals surface area (Å²) in [6, 6.07) is 3.26. The summed E-state index contributed by atoms with van der Waals surface area (Å²) in [7, 11) is 4.40. The lowest BCUT2D eigenvalue weighted by atomic mass is 10.1. The van der Waals surface area contributed by atoms with E-state index in [-0.39, 0.29) is 19.6 Å². The Balaban J connectivity index is 3.17. The lowest BCUT2D eigenvalue weighted by Crippen LogP contribution is -2.45. The third kappa shape index (κ3) is 7.49. The number of imide groups is 1. The maximum absolute atomic E-state index is 12.6. The number of nitrogens with two attached hydrogens (primary N) is 1. The molecular formula is C19H29N3O7. The fourth-order valence-corrected chi connectivity index (χ4v) is 2.37. The highest BCUT2D eigenvalue weighted by Crippen LogP contribution is 2.38. The van der Waals surface area contributed by atoms with Crippen LogP contribution in [0.15, 0.2) is 12.1 Å². The molecule has 3 amide bonds. The van der Waals surface area contributed by atoms with Crippen LogP contribution in [0.2, 0.25) is 0 Å². The number of benzene rings is 1. The molecule has 0 heterocycles. The minimum atomic E-state index is -0.822. The number of nitrogens with one attached hydrogen (secondary N) is 1. The standard InChI is InChI=1S/C19H29N3O7/c1-19(2,3)29-18(25)22(16(24)10-21-9-15(20)23)11-12-7-13(26-4)17(28-6)14(8-12)27-5/h7-8,21H,9-11H2,1-6H3,(H2,20,23). The van der Waals surface area contributed by atoms with E-state index in [2.05, 4.69) is 5.32 Å². The first-order valence-electron chi connectivity index (χ1n) is 8.83. The highest BCUT2D eigenvalue weighted by molar-refractivity contribution is 5.93. The Labute approximate surface area is 170 Å². The van der Waals surface area contributed by atoms with Gasteiger partial charge in [-0.25, -0.2) is 9.69 Å². The normalized spacial score (nSPS) is 10.8. The van der Waals surface area contributed by atoms with Crippen molar-refractivity contribution in [1.29, 1.82) is 0 Å². The van der Waals surface area contributed by atoms with Crippen LogP contribution in [0.25, 0.3) is 0 Å². The Kier molecular flexibility index (Phi) is 8.71. The van der Waals surface area contributed by atoms with E-state index in [4.69, 9.17) is 24.7 Å². The lowest BCUT2D eigenvalue weighted by Gasteiger charge is -2.26. The van der Waals surface area contributed by atoms with E-state index >= 15 is 0 Å². The highest BCUT2D eigenvalue weighted by atomic mass is 16.6. The van der Waals surface area contributed by atoms with Crippen LogP contribution < -0.4 is 25.3 Å². The van der Waals surface area contributed by atoms with Gasteiger partial charge in [0.15, 0.2) is 11.5 Å². The molecule has 0 saturated carbocycles. The molecule has 1 rings (SSSR count). The molecule has 0 aliphatic carbocycles. The van der Waals surface area contributed by atoms with E-state index < -0.39 is 23.5 Å². The molecule has 0 aliphatic rings. The molecule has 0 radical (unpaired) electrons. The van der Waals surface area contributed by atoms with Gasteiger partial charge in [-0.1, -0.05) is 0 Å². The van der Waals surface area contributed by atoms with Crippen molar-refractivity contribution < 1.29 is 33.3 Å². The topological polar surface area (TPSA) is 129 Å². The Morgan fingerprint density at radius 3 is 1.97 bits per heavy atom. The molecule has 1 aromatic rings. The van der Waals surface area contributed by atoms with Gasteiger partial charge < -0.3 is 24.7 Å². The number of carbonyl (C=O) groups excluding carboxylic acids is 3. The number of hydrogen-bond donors (Lipinski definition) is 2. The quantitative estimate of drug-likeness (QED) is 0.617. The Hall–Kier alpha value is -3.01. The van der Waals surface area contributed by atoms with E-state index in [0.29, 0.717) is 22.8 Å². The molecule has 0 bridgehead atoms. The average molecular weight is 411 g/mol. The van der Waals surface area contributed by atoms with Crippen molar-refractivity contribution in [2.75, 3.05) is 34.4 Å². The van der Waals surface area contributed by atoms with Gasteiger partial charge in [0, 0.05) is 0 Å². The summed E-state index contributed by atoms with van der Waals surface area (Å²) in [6.45, 7) is 4.50. The average Bonchev–Trinajstić information content (AvgIpc) is 2.63. The minimum absolute atomic E-state index is 0.108. The second-order valence-corrected chi connectivity index (χ2v) is 7.06. The van der Waals surface area contributed by atoms with Crippen molar-refractivity contribution in [1.82, 2.24) is 10.2 Å². The maximum Gasteiger partial charge on any atom is 0.417 e. The number of rotatable bonds is 9. The second-order valence-electron chi connectivity index (χ2n) is 7.06. The van der Waals surface area contributed by atoms with Gasteiger partial charge in [0.2, 0.25) is 17.6 Å². The summed E-state index contributed by atoms with van der Waals surface area (Å²) in [6.07, 6.45) is -0.822. The maximum atomic E-state index is 12.6. The SMILES string of the molecule is COc1cc(CN(C(=O)CNCC(N)=O)C(=O)OC(C)(C)C)cc(OC)c1OC. The fourth-order valence-electron chi connectivity index (χ4n) is 2.37. The van der Waals surface area contributed by atoms with Crippen LogP contribution in [0.4, 0.5) is 4.79 Å². The van der Waals surface area contributed by atoms with Gasteiger partial charge in [-0.15, -0.1) is 0 Å². The number of hydrogen-bond acceptors (Lipinski definition) is 8. The van der Waals surface area contributed by atoms with Gasteiger partial charge >= 0.3 is 6.09 Å². The van der Waals surface area contributed by atoms with Crippen molar-refractivity contribution in [3.05, 3.63) is 17.7 Å². The summed E-state index contributed by atoms with van der Waals surface area (Å²) in [4.78, 5) is 37.0. The molecule has 0 aliphatic heterocycles. The smallest absolute Gasteiger partial charge is 0.417 e. The number of carbonyl (C=O) groups is 3. The van der Waals surface area contributed by atoms with Gasteiger partial charge in [-0.05, 0) is 38.5 Å². The van der Waals surface area contributed by atoms with Gasteiger partial charge in [0.25, 0.3) is 0 Å². The Morgan fingerprint density at radius 1 is 1.00 bits per heavy atom. The monoisotopic (exact) mass is 411 g/mol. The van der Waals surface area contributed by atoms with Crippen LogP contribution in [-0.4, -0.2) is 62.8 Å². The van der Waals surface area contributed by atoms with Crippen LogP contribution in [0.5, 0.6) is 17.2 Å². The van der Waals surface area contributed by atoms with E-state index in [1.54, 1.807) is 32.9 Å².